The summed E-state index contributed by atoms with van der Waals surface area (Å²) in [4.78, 5) is 10.1. The van der Waals surface area contributed by atoms with Crippen molar-refractivity contribution < 1.29 is 9.90 Å². The summed E-state index contributed by atoms with van der Waals surface area (Å²) >= 11 is 0. The predicted octanol–water partition coefficient (Wildman–Crippen LogP) is 1.61. The molecule has 0 aliphatic heterocycles. The number of carboxylic acids is 1. The number of rotatable bonds is 2. The molecule has 1 aliphatic carbocycles. The Labute approximate surface area is 54.9 Å². The van der Waals surface area contributed by atoms with Crippen LogP contribution in [-0.4, -0.2) is 11.1 Å². The van der Waals surface area contributed by atoms with Crippen LogP contribution in [0.3, 0.4) is 0 Å². The fourth-order valence-corrected chi connectivity index (χ4v) is 1.27. The molecule has 1 saturated carbocycles. The molecular formula is C7H11O2. The molecule has 0 atom stereocenters. The SMILES string of the molecule is O=C(O)C[C]1CCCC1. The highest BCUT2D eigenvalue weighted by atomic mass is 16.4. The topological polar surface area (TPSA) is 37.3 Å². The molecule has 1 aliphatic rings. The molecule has 0 unspecified atom stereocenters. The lowest BCUT2D eigenvalue weighted by atomic mass is 10.1. The van der Waals surface area contributed by atoms with Crippen molar-refractivity contribution in [1.82, 2.24) is 0 Å². The Hall–Kier alpha value is -0.530. The number of carboxylic acid groups (broad SMARTS) is 1. The standard InChI is InChI=1S/C7H11O2/c8-7(9)5-6-3-1-2-4-6/h1-5H2,(H,8,9). The van der Waals surface area contributed by atoms with Crippen LogP contribution in [0.2, 0.25) is 0 Å². The molecular weight excluding hydrogens is 116 g/mol. The van der Waals surface area contributed by atoms with Crippen LogP contribution in [0.15, 0.2) is 0 Å². The monoisotopic (exact) mass is 127 g/mol. The summed E-state index contributed by atoms with van der Waals surface area (Å²) in [6, 6.07) is 0. The van der Waals surface area contributed by atoms with E-state index >= 15 is 0 Å². The lowest BCUT2D eigenvalue weighted by molar-refractivity contribution is -0.136. The van der Waals surface area contributed by atoms with Gasteiger partial charge >= 0.3 is 5.97 Å². The van der Waals surface area contributed by atoms with Gasteiger partial charge in [-0.25, -0.2) is 0 Å². The summed E-state index contributed by atoms with van der Waals surface area (Å²) in [5.41, 5.74) is 0. The van der Waals surface area contributed by atoms with E-state index in [9.17, 15) is 4.79 Å². The number of aliphatic carboxylic acids is 1. The highest BCUT2D eigenvalue weighted by molar-refractivity contribution is 5.69. The molecule has 0 aromatic rings. The zero-order valence-corrected chi connectivity index (χ0v) is 5.39. The quantitative estimate of drug-likeness (QED) is 0.611. The van der Waals surface area contributed by atoms with E-state index in [-0.39, 0.29) is 0 Å². The Bertz CT molecular complexity index is 103. The van der Waals surface area contributed by atoms with E-state index in [0.29, 0.717) is 6.42 Å². The molecule has 0 aromatic carbocycles. The molecule has 0 amide bonds. The summed E-state index contributed by atoms with van der Waals surface area (Å²) in [5.74, 6) is 0.550. The van der Waals surface area contributed by atoms with E-state index in [0.717, 1.165) is 12.8 Å². The number of hydrogen-bond donors (Lipinski definition) is 1. The van der Waals surface area contributed by atoms with Crippen molar-refractivity contribution >= 4 is 5.97 Å². The Morgan fingerprint density at radius 1 is 1.44 bits per heavy atom. The molecule has 9 heavy (non-hydrogen) atoms. The molecule has 1 rings (SSSR count). The van der Waals surface area contributed by atoms with Crippen molar-refractivity contribution in [3.63, 3.8) is 0 Å². The van der Waals surface area contributed by atoms with Crippen LogP contribution >= 0.6 is 0 Å². The highest BCUT2D eigenvalue weighted by Crippen LogP contribution is 2.29. The summed E-state index contributed by atoms with van der Waals surface area (Å²) in [6.45, 7) is 0. The van der Waals surface area contributed by atoms with E-state index in [1.807, 2.05) is 0 Å². The van der Waals surface area contributed by atoms with Gasteiger partial charge in [0.1, 0.15) is 0 Å². The maximum atomic E-state index is 10.1. The maximum absolute atomic E-state index is 10.1. The van der Waals surface area contributed by atoms with Gasteiger partial charge < -0.3 is 5.11 Å². The van der Waals surface area contributed by atoms with Crippen molar-refractivity contribution in [1.29, 1.82) is 0 Å². The predicted molar refractivity (Wildman–Crippen MR) is 34.0 cm³/mol. The lowest BCUT2D eigenvalue weighted by Crippen LogP contribution is -2.00. The molecule has 1 fully saturated rings. The molecule has 0 bridgehead atoms. The van der Waals surface area contributed by atoms with Crippen LogP contribution in [-0.2, 0) is 4.79 Å². The van der Waals surface area contributed by atoms with E-state index < -0.39 is 5.97 Å². The van der Waals surface area contributed by atoms with Crippen LogP contribution in [0.1, 0.15) is 32.1 Å². The van der Waals surface area contributed by atoms with Gasteiger partial charge in [0.05, 0.1) is 6.42 Å². The first-order valence-corrected chi connectivity index (χ1v) is 3.34. The van der Waals surface area contributed by atoms with Crippen LogP contribution in [0, 0.1) is 5.92 Å². The second kappa shape index (κ2) is 2.85. The fraction of sp³-hybridized carbons (Fsp3) is 0.714. The van der Waals surface area contributed by atoms with Gasteiger partial charge in [-0.15, -0.1) is 0 Å². The largest absolute Gasteiger partial charge is 0.481 e. The smallest absolute Gasteiger partial charge is 0.303 e. The van der Waals surface area contributed by atoms with Gasteiger partial charge in [-0.2, -0.15) is 0 Å². The average Bonchev–Trinajstić information content (AvgIpc) is 2.15. The van der Waals surface area contributed by atoms with Crippen LogP contribution < -0.4 is 0 Å². The van der Waals surface area contributed by atoms with Crippen molar-refractivity contribution in [3.8, 4) is 0 Å². The Kier molecular flexibility index (Phi) is 2.09. The van der Waals surface area contributed by atoms with E-state index in [1.54, 1.807) is 0 Å². The maximum Gasteiger partial charge on any atom is 0.303 e. The van der Waals surface area contributed by atoms with Crippen molar-refractivity contribution in [2.45, 2.75) is 32.1 Å². The number of hydrogen-bond acceptors (Lipinski definition) is 1. The van der Waals surface area contributed by atoms with E-state index in [4.69, 9.17) is 5.11 Å². The zero-order valence-electron chi connectivity index (χ0n) is 5.39. The first-order valence-electron chi connectivity index (χ1n) is 3.34. The third-order valence-electron chi connectivity index (χ3n) is 1.71. The average molecular weight is 127 g/mol. The summed E-state index contributed by atoms with van der Waals surface area (Å²) < 4.78 is 0. The van der Waals surface area contributed by atoms with Crippen molar-refractivity contribution in [3.05, 3.63) is 5.92 Å². The minimum atomic E-state index is -0.674. The second-order valence-corrected chi connectivity index (χ2v) is 2.53. The molecule has 2 nitrogen and oxygen atoms in total. The minimum Gasteiger partial charge on any atom is -0.481 e. The van der Waals surface area contributed by atoms with Gasteiger partial charge in [0, 0.05) is 0 Å². The summed E-state index contributed by atoms with van der Waals surface area (Å²) in [6.07, 6.45) is 4.80. The van der Waals surface area contributed by atoms with Crippen LogP contribution in [0.4, 0.5) is 0 Å². The van der Waals surface area contributed by atoms with Crippen LogP contribution in [0.25, 0.3) is 0 Å². The molecule has 2 heteroatoms. The molecule has 0 heterocycles. The molecule has 0 spiro atoms. The Balaban J connectivity index is 2.19. The molecule has 0 saturated heterocycles. The van der Waals surface area contributed by atoms with Gasteiger partial charge in [0.15, 0.2) is 0 Å². The Morgan fingerprint density at radius 3 is 2.44 bits per heavy atom. The first-order chi connectivity index (χ1) is 4.29. The third kappa shape index (κ3) is 2.04. The summed E-state index contributed by atoms with van der Waals surface area (Å²) in [5, 5.41) is 8.35. The van der Waals surface area contributed by atoms with Gasteiger partial charge in [-0.05, 0) is 18.8 Å². The van der Waals surface area contributed by atoms with Gasteiger partial charge in [-0.1, -0.05) is 12.8 Å². The second-order valence-electron chi connectivity index (χ2n) is 2.53. The van der Waals surface area contributed by atoms with E-state index in [2.05, 4.69) is 0 Å². The lowest BCUT2D eigenvalue weighted by Gasteiger charge is -2.00. The minimum absolute atomic E-state index is 0.306. The van der Waals surface area contributed by atoms with Crippen LogP contribution in [0.5, 0.6) is 0 Å². The highest BCUT2D eigenvalue weighted by Gasteiger charge is 2.17. The normalized spacial score (nSPS) is 20.4. The third-order valence-corrected chi connectivity index (χ3v) is 1.71. The molecule has 1 radical (unpaired) electrons. The van der Waals surface area contributed by atoms with Gasteiger partial charge in [0.2, 0.25) is 0 Å². The van der Waals surface area contributed by atoms with Crippen molar-refractivity contribution in [2.75, 3.05) is 0 Å². The van der Waals surface area contributed by atoms with Gasteiger partial charge in [0.25, 0.3) is 0 Å². The fourth-order valence-electron chi connectivity index (χ4n) is 1.27. The summed E-state index contributed by atoms with van der Waals surface area (Å²) in [7, 11) is 0. The van der Waals surface area contributed by atoms with E-state index in [1.165, 1.54) is 18.8 Å². The first kappa shape index (κ1) is 6.59. The zero-order chi connectivity index (χ0) is 6.69. The molecule has 51 valence electrons. The molecule has 0 aromatic heterocycles. The van der Waals surface area contributed by atoms with Crippen molar-refractivity contribution in [2.24, 2.45) is 0 Å². The Morgan fingerprint density at radius 2 is 2.00 bits per heavy atom. The van der Waals surface area contributed by atoms with Gasteiger partial charge in [-0.3, -0.25) is 4.79 Å². The molecule has 1 N–H and O–H groups in total. The number of carbonyl (C=O) groups is 1.